The van der Waals surface area contributed by atoms with Crippen molar-refractivity contribution < 1.29 is 18.5 Å². The summed E-state index contributed by atoms with van der Waals surface area (Å²) in [6, 6.07) is 5.95. The van der Waals surface area contributed by atoms with Crippen molar-refractivity contribution in [1.82, 2.24) is 5.32 Å². The van der Waals surface area contributed by atoms with Crippen LogP contribution in [0.4, 0.5) is 20.2 Å². The first-order valence-corrected chi connectivity index (χ1v) is 6.17. The Labute approximate surface area is 119 Å². The third-order valence-electron chi connectivity index (χ3n) is 2.61. The van der Waals surface area contributed by atoms with E-state index in [2.05, 4.69) is 10.6 Å². The highest BCUT2D eigenvalue weighted by Crippen LogP contribution is 2.22. The first-order valence-electron chi connectivity index (χ1n) is 6.17. The number of carbonyl (C=O) groups is 1. The molecule has 0 saturated heterocycles. The molecule has 1 aromatic rings. The van der Waals surface area contributed by atoms with E-state index in [-0.39, 0.29) is 24.3 Å². The third-order valence-corrected chi connectivity index (χ3v) is 2.61. The summed E-state index contributed by atoms with van der Waals surface area (Å²) in [5.74, 6) is -3.73. The molecule has 1 aromatic carbocycles. The van der Waals surface area contributed by atoms with E-state index in [0.29, 0.717) is 0 Å². The summed E-state index contributed by atoms with van der Waals surface area (Å²) in [4.78, 5) is 21.6. The van der Waals surface area contributed by atoms with E-state index in [1.165, 1.54) is 18.2 Å². The first-order chi connectivity index (χ1) is 9.85. The Morgan fingerprint density at radius 1 is 1.38 bits per heavy atom. The molecule has 9 heteroatoms. The number of hydrogen-bond donors (Lipinski definition) is 3. The summed E-state index contributed by atoms with van der Waals surface area (Å²) in [5, 5.41) is 15.5. The molecule has 1 rings (SSSR count). The molecule has 0 fully saturated rings. The second-order valence-corrected chi connectivity index (χ2v) is 4.29. The van der Waals surface area contributed by atoms with Gasteiger partial charge in [0.05, 0.1) is 18.0 Å². The number of nitrogens with zero attached hydrogens (tertiary/aromatic N) is 1. The van der Waals surface area contributed by atoms with Gasteiger partial charge in [-0.05, 0) is 6.07 Å². The van der Waals surface area contributed by atoms with Gasteiger partial charge in [-0.2, -0.15) is 0 Å². The van der Waals surface area contributed by atoms with Gasteiger partial charge in [0, 0.05) is 19.0 Å². The van der Waals surface area contributed by atoms with Crippen molar-refractivity contribution in [3.63, 3.8) is 0 Å². The first kappa shape index (κ1) is 16.8. The van der Waals surface area contributed by atoms with E-state index in [4.69, 9.17) is 5.73 Å². The lowest BCUT2D eigenvalue weighted by Crippen LogP contribution is -2.41. The van der Waals surface area contributed by atoms with Crippen LogP contribution >= 0.6 is 0 Å². The van der Waals surface area contributed by atoms with Gasteiger partial charge in [0.25, 0.3) is 11.6 Å². The fourth-order valence-corrected chi connectivity index (χ4v) is 1.48. The Balaban J connectivity index is 2.40. The second kappa shape index (κ2) is 7.48. The minimum absolute atomic E-state index is 0.0882. The highest BCUT2D eigenvalue weighted by Gasteiger charge is 2.26. The number of nitrogens with one attached hydrogen (secondary N) is 2. The monoisotopic (exact) mass is 302 g/mol. The Morgan fingerprint density at radius 3 is 2.67 bits per heavy atom. The lowest BCUT2D eigenvalue weighted by Gasteiger charge is -2.14. The average Bonchev–Trinajstić information content (AvgIpc) is 2.45. The van der Waals surface area contributed by atoms with Crippen LogP contribution in [0.3, 0.4) is 0 Å². The molecule has 0 atom stereocenters. The van der Waals surface area contributed by atoms with Gasteiger partial charge < -0.3 is 16.4 Å². The fraction of sp³-hybridized carbons (Fsp3) is 0.417. The number of nitro benzene ring substituents is 1. The van der Waals surface area contributed by atoms with Crippen LogP contribution in [0.25, 0.3) is 0 Å². The van der Waals surface area contributed by atoms with Crippen LogP contribution in [0, 0.1) is 10.1 Å². The lowest BCUT2D eigenvalue weighted by molar-refractivity contribution is -0.384. The standard InChI is InChI=1S/C12H16F2N4O3/c13-12(14,7-15)8-17-11(19)5-6-16-9-3-1-2-4-10(9)18(20)21/h1-4,16H,5-8,15H2,(H,17,19). The molecule has 0 heterocycles. The maximum Gasteiger partial charge on any atom is 0.292 e. The predicted molar refractivity (Wildman–Crippen MR) is 73.2 cm³/mol. The van der Waals surface area contributed by atoms with Gasteiger partial charge in [0.15, 0.2) is 0 Å². The molecule has 0 aliphatic heterocycles. The molecule has 0 aliphatic rings. The molecule has 0 unspecified atom stereocenters. The summed E-state index contributed by atoms with van der Waals surface area (Å²) in [6.45, 7) is -1.58. The van der Waals surface area contributed by atoms with Gasteiger partial charge in [0.1, 0.15) is 5.69 Å². The minimum atomic E-state index is -3.14. The third kappa shape index (κ3) is 5.69. The highest BCUT2D eigenvalue weighted by molar-refractivity contribution is 5.76. The predicted octanol–water partition coefficient (Wildman–Crippen LogP) is 1.11. The Bertz CT molecular complexity index is 511. The number of amides is 1. The van der Waals surface area contributed by atoms with Crippen LogP contribution in [-0.2, 0) is 4.79 Å². The van der Waals surface area contributed by atoms with E-state index in [0.717, 1.165) is 0 Å². The molecule has 0 aromatic heterocycles. The Kier molecular flexibility index (Phi) is 5.97. The SMILES string of the molecule is NCC(F)(F)CNC(=O)CCNc1ccccc1[N+](=O)[O-]. The van der Waals surface area contributed by atoms with Crippen molar-refractivity contribution in [3.8, 4) is 0 Å². The summed E-state index contributed by atoms with van der Waals surface area (Å²) >= 11 is 0. The largest absolute Gasteiger partial charge is 0.379 e. The normalized spacial score (nSPS) is 11.0. The molecule has 0 saturated carbocycles. The van der Waals surface area contributed by atoms with E-state index in [1.807, 2.05) is 0 Å². The van der Waals surface area contributed by atoms with Crippen molar-refractivity contribution in [2.45, 2.75) is 12.3 Å². The molecular formula is C12H16F2N4O3. The van der Waals surface area contributed by atoms with Crippen LogP contribution < -0.4 is 16.4 Å². The van der Waals surface area contributed by atoms with Gasteiger partial charge in [-0.25, -0.2) is 8.78 Å². The van der Waals surface area contributed by atoms with Crippen LogP contribution in [0.1, 0.15) is 6.42 Å². The van der Waals surface area contributed by atoms with Crippen LogP contribution in [0.15, 0.2) is 24.3 Å². The number of alkyl halides is 2. The Hall–Kier alpha value is -2.29. The fourth-order valence-electron chi connectivity index (χ4n) is 1.48. The molecule has 0 radical (unpaired) electrons. The van der Waals surface area contributed by atoms with E-state index >= 15 is 0 Å². The van der Waals surface area contributed by atoms with Gasteiger partial charge in [-0.15, -0.1) is 0 Å². The smallest absolute Gasteiger partial charge is 0.292 e. The lowest BCUT2D eigenvalue weighted by atomic mass is 10.2. The number of benzene rings is 1. The molecule has 0 spiro atoms. The maximum atomic E-state index is 12.8. The molecule has 7 nitrogen and oxygen atoms in total. The van der Waals surface area contributed by atoms with Crippen LogP contribution in [0.2, 0.25) is 0 Å². The quantitative estimate of drug-likeness (QED) is 0.492. The van der Waals surface area contributed by atoms with Crippen LogP contribution in [0.5, 0.6) is 0 Å². The van der Waals surface area contributed by atoms with Crippen molar-refractivity contribution in [3.05, 3.63) is 34.4 Å². The minimum Gasteiger partial charge on any atom is -0.379 e. The Morgan fingerprint density at radius 2 is 2.05 bits per heavy atom. The molecule has 0 bridgehead atoms. The maximum absolute atomic E-state index is 12.8. The zero-order valence-electron chi connectivity index (χ0n) is 11.1. The number of nitrogens with two attached hydrogens (primary N) is 1. The topological polar surface area (TPSA) is 110 Å². The number of anilines is 1. The van der Waals surface area contributed by atoms with E-state index in [9.17, 15) is 23.7 Å². The molecule has 1 amide bonds. The van der Waals surface area contributed by atoms with Gasteiger partial charge in [-0.3, -0.25) is 14.9 Å². The number of rotatable bonds is 8. The number of nitro groups is 1. The second-order valence-electron chi connectivity index (χ2n) is 4.29. The average molecular weight is 302 g/mol. The number of halogens is 2. The van der Waals surface area contributed by atoms with Crippen LogP contribution in [-0.4, -0.2) is 36.4 Å². The molecule has 4 N–H and O–H groups in total. The highest BCUT2D eigenvalue weighted by atomic mass is 19.3. The van der Waals surface area contributed by atoms with Gasteiger partial charge in [-0.1, -0.05) is 12.1 Å². The van der Waals surface area contributed by atoms with Crippen molar-refractivity contribution in [2.75, 3.05) is 25.0 Å². The van der Waals surface area contributed by atoms with Crippen molar-refractivity contribution >= 4 is 17.3 Å². The zero-order chi connectivity index (χ0) is 15.9. The number of carbonyl (C=O) groups excluding carboxylic acids is 1. The van der Waals surface area contributed by atoms with Gasteiger partial charge in [0.2, 0.25) is 5.91 Å². The van der Waals surface area contributed by atoms with Crippen molar-refractivity contribution in [2.24, 2.45) is 5.73 Å². The summed E-state index contributed by atoms with van der Waals surface area (Å²) < 4.78 is 25.6. The number of para-hydroxylation sites is 2. The van der Waals surface area contributed by atoms with E-state index < -0.39 is 29.8 Å². The van der Waals surface area contributed by atoms with Crippen molar-refractivity contribution in [1.29, 1.82) is 0 Å². The summed E-state index contributed by atoms with van der Waals surface area (Å²) in [5.41, 5.74) is 4.98. The molecule has 116 valence electrons. The van der Waals surface area contributed by atoms with E-state index in [1.54, 1.807) is 6.07 Å². The number of hydrogen-bond acceptors (Lipinski definition) is 5. The van der Waals surface area contributed by atoms with Gasteiger partial charge >= 0.3 is 0 Å². The summed E-state index contributed by atoms with van der Waals surface area (Å²) in [7, 11) is 0. The molecule has 21 heavy (non-hydrogen) atoms. The molecule has 0 aliphatic carbocycles. The molecular weight excluding hydrogens is 286 g/mol. The summed E-state index contributed by atoms with van der Waals surface area (Å²) in [6.07, 6.45) is -0.0906. The zero-order valence-corrected chi connectivity index (χ0v) is 11.1.